The van der Waals surface area contributed by atoms with Gasteiger partial charge in [-0.25, -0.2) is 0 Å². The number of thioether (sulfide) groups is 1. The third-order valence-electron chi connectivity index (χ3n) is 2.17. The van der Waals surface area contributed by atoms with Crippen LogP contribution >= 0.6 is 11.8 Å². The van der Waals surface area contributed by atoms with E-state index in [1.165, 1.54) is 0 Å². The molecule has 0 aliphatic rings. The van der Waals surface area contributed by atoms with Gasteiger partial charge in [0.05, 0.1) is 19.1 Å². The van der Waals surface area contributed by atoms with Gasteiger partial charge in [0.1, 0.15) is 0 Å². The summed E-state index contributed by atoms with van der Waals surface area (Å²) in [6.45, 7) is 0.510. The van der Waals surface area contributed by atoms with E-state index in [2.05, 4.69) is 0 Å². The van der Waals surface area contributed by atoms with Crippen LogP contribution in [0.4, 0.5) is 0 Å². The zero-order valence-corrected chi connectivity index (χ0v) is 10.6. The molecular formula is C12H17NO2S. The normalized spacial score (nSPS) is 10.8. The first-order chi connectivity index (χ1) is 7.78. The van der Waals surface area contributed by atoms with Crippen LogP contribution in [-0.2, 0) is 0 Å². The van der Waals surface area contributed by atoms with Gasteiger partial charge in [0, 0.05) is 12.1 Å². The Morgan fingerprint density at radius 2 is 1.94 bits per heavy atom. The fraction of sp³-hybridized carbons (Fsp3) is 0.333. The lowest BCUT2D eigenvalue weighted by atomic mass is 10.1. The second-order valence-electron chi connectivity index (χ2n) is 3.06. The predicted molar refractivity (Wildman–Crippen MR) is 69.4 cm³/mol. The van der Waals surface area contributed by atoms with Gasteiger partial charge in [-0.3, -0.25) is 0 Å². The molecule has 1 rings (SSSR count). The molecular weight excluding hydrogens is 222 g/mol. The molecule has 1 aromatic carbocycles. The maximum atomic E-state index is 5.43. The number of ether oxygens (including phenoxy) is 2. The lowest BCUT2D eigenvalue weighted by Gasteiger charge is -2.13. The molecule has 0 amide bonds. The topological polar surface area (TPSA) is 44.5 Å². The third-order valence-corrected chi connectivity index (χ3v) is 2.93. The van der Waals surface area contributed by atoms with Crippen LogP contribution in [0.1, 0.15) is 5.56 Å². The number of rotatable bonds is 5. The van der Waals surface area contributed by atoms with Crippen LogP contribution in [0.2, 0.25) is 0 Å². The molecule has 0 bridgehead atoms. The van der Waals surface area contributed by atoms with Crippen molar-refractivity contribution in [2.75, 3.05) is 27.0 Å². The molecule has 4 heteroatoms. The molecule has 2 N–H and O–H groups in total. The van der Waals surface area contributed by atoms with E-state index in [4.69, 9.17) is 15.2 Å². The molecule has 0 atom stereocenters. The SMILES string of the molecule is COc1c(/C=C/CN)ccc(SC)c1OC. The van der Waals surface area contributed by atoms with Gasteiger partial charge < -0.3 is 15.2 Å². The van der Waals surface area contributed by atoms with Crippen molar-refractivity contribution < 1.29 is 9.47 Å². The molecule has 88 valence electrons. The monoisotopic (exact) mass is 239 g/mol. The maximum absolute atomic E-state index is 5.43. The number of hydrogen-bond acceptors (Lipinski definition) is 4. The summed E-state index contributed by atoms with van der Waals surface area (Å²) in [4.78, 5) is 1.06. The zero-order valence-electron chi connectivity index (χ0n) is 9.82. The van der Waals surface area contributed by atoms with Crippen molar-refractivity contribution in [3.63, 3.8) is 0 Å². The fourth-order valence-electron chi connectivity index (χ4n) is 1.45. The standard InChI is InChI=1S/C12H17NO2S/c1-14-11-9(5-4-8-13)6-7-10(16-3)12(11)15-2/h4-7H,8,13H2,1-3H3/b5-4+. The molecule has 0 unspecified atom stereocenters. The minimum Gasteiger partial charge on any atom is -0.492 e. The van der Waals surface area contributed by atoms with Gasteiger partial charge in [0.2, 0.25) is 0 Å². The average molecular weight is 239 g/mol. The highest BCUT2D eigenvalue weighted by Gasteiger charge is 2.12. The number of methoxy groups -OCH3 is 2. The molecule has 3 nitrogen and oxygen atoms in total. The van der Waals surface area contributed by atoms with Gasteiger partial charge in [-0.05, 0) is 18.4 Å². The van der Waals surface area contributed by atoms with E-state index in [0.29, 0.717) is 6.54 Å². The van der Waals surface area contributed by atoms with E-state index >= 15 is 0 Å². The van der Waals surface area contributed by atoms with Crippen molar-refractivity contribution >= 4 is 17.8 Å². The van der Waals surface area contributed by atoms with E-state index in [-0.39, 0.29) is 0 Å². The van der Waals surface area contributed by atoms with Crippen molar-refractivity contribution in [3.8, 4) is 11.5 Å². The van der Waals surface area contributed by atoms with E-state index < -0.39 is 0 Å². The van der Waals surface area contributed by atoms with Crippen molar-refractivity contribution in [2.24, 2.45) is 5.73 Å². The predicted octanol–water partition coefficient (Wildman–Crippen LogP) is 2.40. The average Bonchev–Trinajstić information content (AvgIpc) is 2.34. The van der Waals surface area contributed by atoms with E-state index in [1.54, 1.807) is 26.0 Å². The molecule has 0 aliphatic heterocycles. The maximum Gasteiger partial charge on any atom is 0.174 e. The van der Waals surface area contributed by atoms with Crippen LogP contribution in [0, 0.1) is 0 Å². The van der Waals surface area contributed by atoms with Crippen molar-refractivity contribution in [1.29, 1.82) is 0 Å². The number of hydrogen-bond donors (Lipinski definition) is 1. The Balaban J connectivity index is 3.25. The van der Waals surface area contributed by atoms with Crippen LogP contribution in [0.25, 0.3) is 6.08 Å². The highest BCUT2D eigenvalue weighted by atomic mass is 32.2. The fourth-order valence-corrected chi connectivity index (χ4v) is 2.02. The van der Waals surface area contributed by atoms with Crippen LogP contribution in [0.3, 0.4) is 0 Å². The molecule has 0 aromatic heterocycles. The Bertz CT molecular complexity index is 378. The Labute approximate surface area is 101 Å². The lowest BCUT2D eigenvalue weighted by molar-refractivity contribution is 0.347. The first-order valence-electron chi connectivity index (χ1n) is 4.94. The smallest absolute Gasteiger partial charge is 0.174 e. The minimum absolute atomic E-state index is 0.510. The lowest BCUT2D eigenvalue weighted by Crippen LogP contribution is -1.96. The van der Waals surface area contributed by atoms with Crippen molar-refractivity contribution in [1.82, 2.24) is 0 Å². The molecule has 0 heterocycles. The zero-order chi connectivity index (χ0) is 12.0. The molecule has 0 spiro atoms. The molecule has 0 aliphatic carbocycles. The van der Waals surface area contributed by atoms with E-state index in [9.17, 15) is 0 Å². The van der Waals surface area contributed by atoms with Crippen LogP contribution in [-0.4, -0.2) is 27.0 Å². The van der Waals surface area contributed by atoms with Gasteiger partial charge in [-0.2, -0.15) is 0 Å². The summed E-state index contributed by atoms with van der Waals surface area (Å²) in [5.74, 6) is 1.52. The Morgan fingerprint density at radius 3 is 2.44 bits per heavy atom. The van der Waals surface area contributed by atoms with Crippen LogP contribution in [0.5, 0.6) is 11.5 Å². The molecule has 16 heavy (non-hydrogen) atoms. The molecule has 0 fully saturated rings. The van der Waals surface area contributed by atoms with Gasteiger partial charge in [0.15, 0.2) is 11.5 Å². The summed E-state index contributed by atoms with van der Waals surface area (Å²) in [6.07, 6.45) is 5.83. The summed E-state index contributed by atoms with van der Waals surface area (Å²) >= 11 is 1.63. The number of nitrogens with two attached hydrogens (primary N) is 1. The van der Waals surface area contributed by atoms with Crippen LogP contribution < -0.4 is 15.2 Å². The molecule has 0 radical (unpaired) electrons. The second kappa shape index (κ2) is 6.45. The summed E-state index contributed by atoms with van der Waals surface area (Å²) in [5.41, 5.74) is 6.41. The van der Waals surface area contributed by atoms with Gasteiger partial charge in [-0.1, -0.05) is 12.2 Å². The third kappa shape index (κ3) is 2.71. The summed E-state index contributed by atoms with van der Waals surface area (Å²) < 4.78 is 10.7. The highest BCUT2D eigenvalue weighted by molar-refractivity contribution is 7.98. The number of benzene rings is 1. The van der Waals surface area contributed by atoms with Crippen molar-refractivity contribution in [3.05, 3.63) is 23.8 Å². The summed E-state index contributed by atoms with van der Waals surface area (Å²) in [7, 11) is 3.29. The van der Waals surface area contributed by atoms with E-state index in [0.717, 1.165) is 22.0 Å². The largest absolute Gasteiger partial charge is 0.492 e. The molecule has 0 saturated carbocycles. The first-order valence-corrected chi connectivity index (χ1v) is 6.16. The highest BCUT2D eigenvalue weighted by Crippen LogP contribution is 2.39. The molecule has 0 saturated heterocycles. The Morgan fingerprint density at radius 1 is 1.25 bits per heavy atom. The minimum atomic E-state index is 0.510. The van der Waals surface area contributed by atoms with E-state index in [1.807, 2.05) is 30.5 Å². The quantitative estimate of drug-likeness (QED) is 0.801. The summed E-state index contributed by atoms with van der Waals surface area (Å²) in [6, 6.07) is 4.02. The van der Waals surface area contributed by atoms with Crippen LogP contribution in [0.15, 0.2) is 23.1 Å². The Hall–Kier alpha value is -1.13. The van der Waals surface area contributed by atoms with Crippen molar-refractivity contribution in [2.45, 2.75) is 4.90 Å². The Kier molecular flexibility index (Phi) is 5.22. The van der Waals surface area contributed by atoms with Gasteiger partial charge >= 0.3 is 0 Å². The first kappa shape index (κ1) is 12.9. The van der Waals surface area contributed by atoms with Gasteiger partial charge in [-0.15, -0.1) is 11.8 Å². The second-order valence-corrected chi connectivity index (χ2v) is 3.91. The summed E-state index contributed by atoms with van der Waals surface area (Å²) in [5, 5.41) is 0. The molecule has 1 aromatic rings. The van der Waals surface area contributed by atoms with Gasteiger partial charge in [0.25, 0.3) is 0 Å².